The number of alkyl halides is 3. The van der Waals surface area contributed by atoms with E-state index in [4.69, 9.17) is 4.74 Å². The van der Waals surface area contributed by atoms with Gasteiger partial charge in [0.2, 0.25) is 0 Å². The normalized spacial score (nSPS) is 11.4. The summed E-state index contributed by atoms with van der Waals surface area (Å²) in [6.07, 6.45) is -4.14. The predicted octanol–water partition coefficient (Wildman–Crippen LogP) is 5.68. The number of hydrogen-bond acceptors (Lipinski definition) is 3. The number of amides is 1. The monoisotopic (exact) mass is 483 g/mol. The van der Waals surface area contributed by atoms with E-state index in [9.17, 15) is 22.4 Å². The lowest BCUT2D eigenvalue weighted by atomic mass is 10.1. The molecule has 5 nitrogen and oxygen atoms in total. The Labute approximate surface area is 199 Å². The second-order valence-corrected chi connectivity index (χ2v) is 7.70. The van der Waals surface area contributed by atoms with Crippen LogP contribution in [0, 0.1) is 5.82 Å². The number of hydrogen-bond donors (Lipinski definition) is 1. The molecule has 0 radical (unpaired) electrons. The lowest BCUT2D eigenvalue weighted by Gasteiger charge is -2.14. The molecule has 9 heteroatoms. The zero-order valence-electron chi connectivity index (χ0n) is 18.4. The van der Waals surface area contributed by atoms with Gasteiger partial charge >= 0.3 is 6.18 Å². The van der Waals surface area contributed by atoms with E-state index in [1.54, 1.807) is 12.1 Å². The number of nitrogens with zero attached hydrogens (tertiary/aromatic N) is 2. The minimum Gasteiger partial charge on any atom is -0.372 e. The largest absolute Gasteiger partial charge is 0.434 e. The second-order valence-electron chi connectivity index (χ2n) is 7.70. The lowest BCUT2D eigenvalue weighted by molar-refractivity contribution is -0.143. The van der Waals surface area contributed by atoms with Crippen LogP contribution in [0.1, 0.15) is 32.7 Å². The van der Waals surface area contributed by atoms with Crippen LogP contribution < -0.4 is 5.32 Å². The quantitative estimate of drug-likeness (QED) is 0.328. The van der Waals surface area contributed by atoms with Crippen LogP contribution in [-0.2, 0) is 30.7 Å². The molecule has 0 saturated heterocycles. The molecule has 4 rings (SSSR count). The summed E-state index contributed by atoms with van der Waals surface area (Å²) in [5, 5.41) is 6.17. The summed E-state index contributed by atoms with van der Waals surface area (Å²) in [6.45, 7) is 0.636. The number of benzene rings is 3. The summed E-state index contributed by atoms with van der Waals surface area (Å²) in [4.78, 5) is 12.7. The van der Waals surface area contributed by atoms with E-state index in [-0.39, 0.29) is 13.2 Å². The van der Waals surface area contributed by atoms with Crippen molar-refractivity contribution >= 4 is 5.91 Å². The minimum absolute atomic E-state index is 0.0219. The van der Waals surface area contributed by atoms with Crippen LogP contribution in [-0.4, -0.2) is 15.7 Å². The lowest BCUT2D eigenvalue weighted by Crippen LogP contribution is -2.27. The molecule has 0 aliphatic rings. The number of halogens is 4. The van der Waals surface area contributed by atoms with Gasteiger partial charge in [-0.2, -0.15) is 18.3 Å². The number of carbonyl (C=O) groups is 1. The van der Waals surface area contributed by atoms with E-state index in [1.807, 2.05) is 42.5 Å². The van der Waals surface area contributed by atoms with Gasteiger partial charge in [-0.15, -0.1) is 0 Å². The van der Waals surface area contributed by atoms with Crippen LogP contribution in [0.25, 0.3) is 5.69 Å². The Morgan fingerprint density at radius 2 is 1.54 bits per heavy atom. The molecule has 180 valence electrons. The first-order valence-electron chi connectivity index (χ1n) is 10.7. The van der Waals surface area contributed by atoms with E-state index < -0.39 is 34.8 Å². The standard InChI is InChI=1S/C26H21F4N3O2/c27-22-12-6-7-13-23(22)33-24(26(28,29)30)21(15-32-33)25(34)31-14-19-10-4-5-11-20(19)17-35-16-18-8-2-1-3-9-18/h1-13,15H,14,16-17H2,(H,31,34). The molecule has 0 saturated carbocycles. The Hall–Kier alpha value is -3.98. The number of para-hydroxylation sites is 1. The summed E-state index contributed by atoms with van der Waals surface area (Å²) in [5.74, 6) is -1.86. The van der Waals surface area contributed by atoms with Crippen molar-refractivity contribution in [1.82, 2.24) is 15.1 Å². The zero-order chi connectivity index (χ0) is 24.8. The molecule has 0 unspecified atom stereocenters. The number of ether oxygens (including phenoxy) is 1. The van der Waals surface area contributed by atoms with Crippen LogP contribution in [0.5, 0.6) is 0 Å². The summed E-state index contributed by atoms with van der Waals surface area (Å²) in [7, 11) is 0. The minimum atomic E-state index is -4.94. The van der Waals surface area contributed by atoms with Crippen molar-refractivity contribution in [2.75, 3.05) is 0 Å². The number of nitrogens with one attached hydrogen (secondary N) is 1. The van der Waals surface area contributed by atoms with E-state index in [0.29, 0.717) is 16.9 Å². The van der Waals surface area contributed by atoms with Crippen molar-refractivity contribution in [3.63, 3.8) is 0 Å². The van der Waals surface area contributed by atoms with Crippen LogP contribution >= 0.6 is 0 Å². The average molecular weight is 483 g/mol. The Kier molecular flexibility index (Phi) is 7.26. The summed E-state index contributed by atoms with van der Waals surface area (Å²) < 4.78 is 61.8. The molecular formula is C26H21F4N3O2. The second kappa shape index (κ2) is 10.5. The summed E-state index contributed by atoms with van der Waals surface area (Å²) in [5.41, 5.74) is 0.0496. The van der Waals surface area contributed by atoms with E-state index in [2.05, 4.69) is 10.4 Å². The van der Waals surface area contributed by atoms with Gasteiger partial charge in [0.15, 0.2) is 5.69 Å². The third-order valence-corrected chi connectivity index (χ3v) is 5.29. The maximum absolute atomic E-state index is 14.1. The number of carbonyl (C=O) groups excluding carboxylic acids is 1. The zero-order valence-corrected chi connectivity index (χ0v) is 18.4. The predicted molar refractivity (Wildman–Crippen MR) is 121 cm³/mol. The molecule has 0 bridgehead atoms. The third-order valence-electron chi connectivity index (χ3n) is 5.29. The molecule has 1 heterocycles. The third kappa shape index (κ3) is 5.75. The molecule has 0 aliphatic carbocycles. The fraction of sp³-hybridized carbons (Fsp3) is 0.154. The van der Waals surface area contributed by atoms with Crippen molar-refractivity contribution in [2.45, 2.75) is 25.9 Å². The molecule has 0 spiro atoms. The first-order valence-corrected chi connectivity index (χ1v) is 10.7. The molecular weight excluding hydrogens is 462 g/mol. The van der Waals surface area contributed by atoms with Crippen molar-refractivity contribution in [3.8, 4) is 5.69 Å². The van der Waals surface area contributed by atoms with Gasteiger partial charge in [0.05, 0.1) is 25.0 Å². The SMILES string of the molecule is O=C(NCc1ccccc1COCc1ccccc1)c1cnn(-c2ccccc2F)c1C(F)(F)F. The van der Waals surface area contributed by atoms with Crippen LogP contribution in [0.15, 0.2) is 85.1 Å². The topological polar surface area (TPSA) is 56.1 Å². The van der Waals surface area contributed by atoms with Crippen molar-refractivity contribution in [2.24, 2.45) is 0 Å². The number of rotatable bonds is 8. The maximum Gasteiger partial charge on any atom is 0.434 e. The van der Waals surface area contributed by atoms with Gasteiger partial charge in [0, 0.05) is 6.54 Å². The van der Waals surface area contributed by atoms with Crippen LogP contribution in [0.3, 0.4) is 0 Å². The number of aromatic nitrogens is 2. The highest BCUT2D eigenvalue weighted by Crippen LogP contribution is 2.34. The van der Waals surface area contributed by atoms with Gasteiger partial charge in [-0.1, -0.05) is 66.7 Å². The van der Waals surface area contributed by atoms with Gasteiger partial charge in [-0.05, 0) is 28.8 Å². The van der Waals surface area contributed by atoms with Gasteiger partial charge in [-0.3, -0.25) is 4.79 Å². The first-order chi connectivity index (χ1) is 16.8. The Balaban J connectivity index is 1.49. The van der Waals surface area contributed by atoms with Crippen molar-refractivity contribution < 1.29 is 27.1 Å². The molecule has 4 aromatic rings. The summed E-state index contributed by atoms with van der Waals surface area (Å²) >= 11 is 0. The molecule has 3 aromatic carbocycles. The fourth-order valence-electron chi connectivity index (χ4n) is 3.59. The first kappa shape index (κ1) is 24.2. The molecule has 1 amide bonds. The van der Waals surface area contributed by atoms with E-state index in [1.165, 1.54) is 12.1 Å². The Morgan fingerprint density at radius 1 is 0.886 bits per heavy atom. The summed E-state index contributed by atoms with van der Waals surface area (Å²) in [6, 6.07) is 21.7. The Morgan fingerprint density at radius 3 is 2.26 bits per heavy atom. The van der Waals surface area contributed by atoms with Gasteiger partial charge in [0.25, 0.3) is 5.91 Å². The van der Waals surface area contributed by atoms with Gasteiger partial charge < -0.3 is 10.1 Å². The molecule has 0 atom stereocenters. The average Bonchev–Trinajstić information content (AvgIpc) is 3.30. The van der Waals surface area contributed by atoms with Crippen molar-refractivity contribution in [3.05, 3.63) is 119 Å². The highest BCUT2D eigenvalue weighted by molar-refractivity contribution is 5.95. The van der Waals surface area contributed by atoms with Crippen LogP contribution in [0.4, 0.5) is 17.6 Å². The van der Waals surface area contributed by atoms with E-state index >= 15 is 0 Å². The van der Waals surface area contributed by atoms with Crippen LogP contribution in [0.2, 0.25) is 0 Å². The molecule has 0 fully saturated rings. The van der Waals surface area contributed by atoms with Crippen molar-refractivity contribution in [1.29, 1.82) is 0 Å². The molecule has 1 N–H and O–H groups in total. The van der Waals surface area contributed by atoms with E-state index in [0.717, 1.165) is 29.5 Å². The molecule has 0 aliphatic heterocycles. The van der Waals surface area contributed by atoms with Gasteiger partial charge in [0.1, 0.15) is 11.5 Å². The molecule has 1 aromatic heterocycles. The highest BCUT2D eigenvalue weighted by Gasteiger charge is 2.41. The van der Waals surface area contributed by atoms with Gasteiger partial charge in [-0.25, -0.2) is 9.07 Å². The fourth-order valence-corrected chi connectivity index (χ4v) is 3.59. The maximum atomic E-state index is 14.1. The molecule has 35 heavy (non-hydrogen) atoms. The highest BCUT2D eigenvalue weighted by atomic mass is 19.4. The smallest absolute Gasteiger partial charge is 0.372 e. The Bertz CT molecular complexity index is 1300.